The molecular formula is C13H17NO5S. The number of carboxylic acids is 1. The highest BCUT2D eigenvalue weighted by Crippen LogP contribution is 2.22. The molecular weight excluding hydrogens is 282 g/mol. The minimum atomic E-state index is -1.42. The molecule has 1 aliphatic rings. The molecule has 7 heteroatoms. The van der Waals surface area contributed by atoms with Crippen LogP contribution in [-0.2, 0) is 15.7 Å². The molecule has 2 rings (SSSR count). The van der Waals surface area contributed by atoms with Crippen LogP contribution in [0.3, 0.4) is 0 Å². The fraction of sp³-hybridized carbons (Fsp3) is 0.462. The third-order valence-electron chi connectivity index (χ3n) is 3.08. The molecule has 0 saturated carbocycles. The summed E-state index contributed by atoms with van der Waals surface area (Å²) in [6, 6.07) is 4.38. The smallest absolute Gasteiger partial charge is 0.339 e. The first kappa shape index (κ1) is 15.0. The van der Waals surface area contributed by atoms with E-state index in [1.54, 1.807) is 0 Å². The Labute approximate surface area is 119 Å². The Morgan fingerprint density at radius 3 is 3.00 bits per heavy atom. The second-order valence-corrected chi connectivity index (χ2v) is 5.72. The summed E-state index contributed by atoms with van der Waals surface area (Å²) in [5.41, 5.74) is 0.0485. The molecule has 0 amide bonds. The summed E-state index contributed by atoms with van der Waals surface area (Å²) in [7, 11) is -0.0325. The van der Waals surface area contributed by atoms with E-state index in [-0.39, 0.29) is 17.4 Å². The van der Waals surface area contributed by atoms with Gasteiger partial charge in [-0.05, 0) is 31.0 Å². The summed E-state index contributed by atoms with van der Waals surface area (Å²) in [5, 5.41) is 8.99. The first-order valence-corrected chi connectivity index (χ1v) is 7.45. The van der Waals surface area contributed by atoms with Crippen LogP contribution in [0.4, 0.5) is 0 Å². The largest absolute Gasteiger partial charge is 0.496 e. The van der Waals surface area contributed by atoms with Gasteiger partial charge in [0.2, 0.25) is 0 Å². The van der Waals surface area contributed by atoms with Gasteiger partial charge in [0.05, 0.1) is 18.1 Å². The molecule has 2 atom stereocenters. The van der Waals surface area contributed by atoms with Gasteiger partial charge in [0.15, 0.2) is 0 Å². The molecule has 0 radical (unpaired) electrons. The summed E-state index contributed by atoms with van der Waals surface area (Å²) in [6.07, 6.45) is 2.09. The van der Waals surface area contributed by atoms with Crippen molar-refractivity contribution in [1.82, 2.24) is 4.72 Å². The van der Waals surface area contributed by atoms with Crippen molar-refractivity contribution in [2.45, 2.75) is 23.8 Å². The van der Waals surface area contributed by atoms with Gasteiger partial charge in [-0.25, -0.2) is 13.7 Å². The van der Waals surface area contributed by atoms with Crippen molar-refractivity contribution in [1.29, 1.82) is 0 Å². The number of ether oxygens (including phenoxy) is 2. The van der Waals surface area contributed by atoms with Crippen molar-refractivity contribution >= 4 is 17.0 Å². The van der Waals surface area contributed by atoms with E-state index in [1.807, 2.05) is 0 Å². The summed E-state index contributed by atoms with van der Waals surface area (Å²) in [4.78, 5) is 11.5. The Bertz CT molecular complexity index is 513. The van der Waals surface area contributed by atoms with Crippen LogP contribution in [-0.4, -0.2) is 41.7 Å². The third kappa shape index (κ3) is 3.56. The SMILES string of the molecule is COc1cc(S(=O)NCC2CCCO2)ccc1C(=O)O. The van der Waals surface area contributed by atoms with Gasteiger partial charge in [0.1, 0.15) is 22.3 Å². The molecule has 2 N–H and O–H groups in total. The summed E-state index contributed by atoms with van der Waals surface area (Å²) in [6.45, 7) is 1.26. The quantitative estimate of drug-likeness (QED) is 0.824. The lowest BCUT2D eigenvalue weighted by molar-refractivity contribution is 0.0693. The zero-order chi connectivity index (χ0) is 14.5. The van der Waals surface area contributed by atoms with E-state index >= 15 is 0 Å². The molecule has 6 nitrogen and oxygen atoms in total. The van der Waals surface area contributed by atoms with E-state index in [9.17, 15) is 9.00 Å². The molecule has 110 valence electrons. The molecule has 1 saturated heterocycles. The number of aromatic carboxylic acids is 1. The van der Waals surface area contributed by atoms with Crippen LogP contribution in [0.1, 0.15) is 23.2 Å². The standard InChI is InChI=1S/C13H17NO5S/c1-18-12-7-10(4-5-11(12)13(15)16)20(17)14-8-9-3-2-6-19-9/h4-5,7,9,14H,2-3,6,8H2,1H3,(H,15,16). The van der Waals surface area contributed by atoms with Crippen LogP contribution in [0.2, 0.25) is 0 Å². The molecule has 1 aliphatic heterocycles. The van der Waals surface area contributed by atoms with E-state index in [4.69, 9.17) is 14.6 Å². The average molecular weight is 299 g/mol. The number of carbonyl (C=O) groups is 1. The van der Waals surface area contributed by atoms with E-state index in [0.717, 1.165) is 19.4 Å². The van der Waals surface area contributed by atoms with E-state index in [1.165, 1.54) is 25.3 Å². The fourth-order valence-electron chi connectivity index (χ4n) is 2.02. The lowest BCUT2D eigenvalue weighted by Crippen LogP contribution is -2.28. The Kier molecular flexibility index (Phi) is 5.11. The number of benzene rings is 1. The van der Waals surface area contributed by atoms with Crippen LogP contribution in [0.25, 0.3) is 0 Å². The second kappa shape index (κ2) is 6.83. The predicted octanol–water partition coefficient (Wildman–Crippen LogP) is 1.18. The van der Waals surface area contributed by atoms with Crippen molar-refractivity contribution in [3.05, 3.63) is 23.8 Å². The molecule has 1 aromatic carbocycles. The molecule has 1 heterocycles. The number of hydrogen-bond donors (Lipinski definition) is 2. The van der Waals surface area contributed by atoms with Crippen molar-refractivity contribution in [2.75, 3.05) is 20.3 Å². The maximum atomic E-state index is 12.1. The van der Waals surface area contributed by atoms with Crippen LogP contribution < -0.4 is 9.46 Å². The Hall–Kier alpha value is -1.44. The molecule has 20 heavy (non-hydrogen) atoms. The molecule has 0 aromatic heterocycles. The van der Waals surface area contributed by atoms with E-state index in [0.29, 0.717) is 11.4 Å². The summed E-state index contributed by atoms with van der Waals surface area (Å²) < 4.78 is 25.4. The van der Waals surface area contributed by atoms with Gasteiger partial charge in [0, 0.05) is 13.2 Å². The summed E-state index contributed by atoms with van der Waals surface area (Å²) >= 11 is 0. The number of methoxy groups -OCH3 is 1. The molecule has 0 bridgehead atoms. The Balaban J connectivity index is 2.03. The molecule has 1 fully saturated rings. The first-order chi connectivity index (χ1) is 9.61. The van der Waals surface area contributed by atoms with Crippen molar-refractivity contribution in [3.8, 4) is 5.75 Å². The van der Waals surface area contributed by atoms with Crippen LogP contribution >= 0.6 is 0 Å². The van der Waals surface area contributed by atoms with Gasteiger partial charge in [-0.3, -0.25) is 0 Å². The maximum Gasteiger partial charge on any atom is 0.339 e. The van der Waals surface area contributed by atoms with Crippen molar-refractivity contribution < 1.29 is 23.6 Å². The maximum absolute atomic E-state index is 12.1. The van der Waals surface area contributed by atoms with Gasteiger partial charge < -0.3 is 14.6 Å². The van der Waals surface area contributed by atoms with Gasteiger partial charge in [-0.15, -0.1) is 0 Å². The minimum Gasteiger partial charge on any atom is -0.496 e. The Morgan fingerprint density at radius 2 is 2.40 bits per heavy atom. The van der Waals surface area contributed by atoms with E-state index < -0.39 is 17.0 Å². The van der Waals surface area contributed by atoms with Crippen molar-refractivity contribution in [3.63, 3.8) is 0 Å². The lowest BCUT2D eigenvalue weighted by atomic mass is 10.2. The first-order valence-electron chi connectivity index (χ1n) is 6.30. The van der Waals surface area contributed by atoms with Crippen LogP contribution in [0.5, 0.6) is 5.75 Å². The van der Waals surface area contributed by atoms with Gasteiger partial charge in [0.25, 0.3) is 0 Å². The van der Waals surface area contributed by atoms with Crippen LogP contribution in [0.15, 0.2) is 23.1 Å². The molecule has 0 aliphatic carbocycles. The highest BCUT2D eigenvalue weighted by atomic mass is 32.2. The molecule has 1 aromatic rings. The zero-order valence-electron chi connectivity index (χ0n) is 11.1. The van der Waals surface area contributed by atoms with Crippen LogP contribution in [0, 0.1) is 0 Å². The fourth-order valence-corrected chi connectivity index (χ4v) is 2.93. The molecule has 2 unspecified atom stereocenters. The predicted molar refractivity (Wildman–Crippen MR) is 73.3 cm³/mol. The highest BCUT2D eigenvalue weighted by molar-refractivity contribution is 7.83. The monoisotopic (exact) mass is 299 g/mol. The lowest BCUT2D eigenvalue weighted by Gasteiger charge is -2.11. The minimum absolute atomic E-state index is 0.0485. The van der Waals surface area contributed by atoms with Gasteiger partial charge in [-0.2, -0.15) is 0 Å². The topological polar surface area (TPSA) is 84.9 Å². The van der Waals surface area contributed by atoms with Gasteiger partial charge in [-0.1, -0.05) is 0 Å². The zero-order valence-corrected chi connectivity index (χ0v) is 11.9. The average Bonchev–Trinajstić information content (AvgIpc) is 2.97. The van der Waals surface area contributed by atoms with Gasteiger partial charge >= 0.3 is 5.97 Å². The third-order valence-corrected chi connectivity index (χ3v) is 4.19. The number of carboxylic acid groups (broad SMARTS) is 1. The summed E-state index contributed by atoms with van der Waals surface area (Å²) in [5.74, 6) is -0.881. The van der Waals surface area contributed by atoms with Crippen molar-refractivity contribution in [2.24, 2.45) is 0 Å². The van der Waals surface area contributed by atoms with E-state index in [2.05, 4.69) is 4.72 Å². The number of hydrogen-bond acceptors (Lipinski definition) is 4. The normalized spacial score (nSPS) is 19.8. The molecule has 0 spiro atoms. The second-order valence-electron chi connectivity index (χ2n) is 4.42. The number of nitrogens with one attached hydrogen (secondary N) is 1. The Morgan fingerprint density at radius 1 is 1.60 bits per heavy atom. The highest BCUT2D eigenvalue weighted by Gasteiger charge is 2.18. The number of rotatable bonds is 6.